The van der Waals surface area contributed by atoms with Crippen molar-refractivity contribution in [1.29, 1.82) is 0 Å². The largest absolute Gasteiger partial charge is 0.245 e. The third kappa shape index (κ3) is 7.74. The van der Waals surface area contributed by atoms with Crippen molar-refractivity contribution in [3.63, 3.8) is 0 Å². The van der Waals surface area contributed by atoms with Gasteiger partial charge in [-0.2, -0.15) is 0 Å². The van der Waals surface area contributed by atoms with Gasteiger partial charge in [-0.05, 0) is 234 Å². The molecule has 0 unspecified atom stereocenters. The van der Waals surface area contributed by atoms with Gasteiger partial charge in [0.15, 0.2) is 0 Å². The Morgan fingerprint density at radius 2 is 0.398 bits per heavy atom. The molecular weight excluding hydrogens is 1170 g/mol. The molecule has 446 valence electrons. The average molecular weight is 1230 g/mol. The summed E-state index contributed by atoms with van der Waals surface area (Å²) in [6.07, 6.45) is 0. The average Bonchev–Trinajstić information content (AvgIpc) is 1.32. The van der Waals surface area contributed by atoms with E-state index >= 15 is 0 Å². The molecule has 22 rings (SSSR count). The molecule has 0 saturated carbocycles. The summed E-state index contributed by atoms with van der Waals surface area (Å²) in [6.45, 7) is -0.314. The molecule has 0 nitrogen and oxygen atoms in total. The summed E-state index contributed by atoms with van der Waals surface area (Å²) in [5.74, 6) is 0. The predicted octanol–water partition coefficient (Wildman–Crippen LogP) is 21.5. The molecule has 20 aromatic rings. The summed E-state index contributed by atoms with van der Waals surface area (Å²) in [6, 6.07) is 131. The number of fused-ring (bicyclic) bond motifs is 18. The fourth-order valence-corrected chi connectivity index (χ4v) is 18.4. The molecule has 0 atom stereocenters. The van der Waals surface area contributed by atoms with Crippen LogP contribution in [0, 0.1) is 0 Å². The Labute approximate surface area is 567 Å². The Kier molecular flexibility index (Phi) is 11.3. The summed E-state index contributed by atoms with van der Waals surface area (Å²) in [4.78, 5) is 0. The minimum absolute atomic E-state index is 0.157. The highest BCUT2D eigenvalue weighted by atomic mass is 14.3. The topological polar surface area (TPSA) is 0 Å². The van der Waals surface area contributed by atoms with E-state index < -0.39 is 0 Å². The van der Waals surface area contributed by atoms with Crippen molar-refractivity contribution in [1.82, 2.24) is 0 Å². The monoisotopic (exact) mass is 1230 g/mol. The smallest absolute Gasteiger partial charge is 0.0622 e. The van der Waals surface area contributed by atoms with Crippen LogP contribution in [0.25, 0.3) is 185 Å². The van der Waals surface area contributed by atoms with Gasteiger partial charge in [-0.25, -0.2) is 0 Å². The maximum Gasteiger partial charge on any atom is 0.245 e. The lowest BCUT2D eigenvalue weighted by Crippen LogP contribution is -2.50. The first-order valence-corrected chi connectivity index (χ1v) is 34.5. The van der Waals surface area contributed by atoms with Gasteiger partial charge in [-0.3, -0.25) is 0 Å². The summed E-state index contributed by atoms with van der Waals surface area (Å²) in [5, 5.41) is 27.9. The van der Waals surface area contributed by atoms with Crippen LogP contribution < -0.4 is 32.8 Å². The van der Waals surface area contributed by atoms with Gasteiger partial charge >= 0.3 is 0 Å². The molecule has 98 heavy (non-hydrogen) atoms. The van der Waals surface area contributed by atoms with Crippen molar-refractivity contribution in [3.05, 3.63) is 340 Å². The van der Waals surface area contributed by atoms with Crippen molar-refractivity contribution in [2.75, 3.05) is 0 Å². The van der Waals surface area contributed by atoms with Crippen LogP contribution in [0.3, 0.4) is 0 Å². The highest BCUT2D eigenvalue weighted by Gasteiger charge is 2.41. The lowest BCUT2D eigenvalue weighted by Gasteiger charge is -2.26. The van der Waals surface area contributed by atoms with Gasteiger partial charge in [-0.15, -0.1) is 0 Å². The number of rotatable bonds is 6. The van der Waals surface area contributed by atoms with Crippen LogP contribution in [0.5, 0.6) is 0 Å². The van der Waals surface area contributed by atoms with Crippen molar-refractivity contribution >= 4 is 165 Å². The van der Waals surface area contributed by atoms with E-state index in [4.69, 9.17) is 0 Å². The third-order valence-electron chi connectivity index (χ3n) is 22.6. The highest BCUT2D eigenvalue weighted by molar-refractivity contribution is 7.04. The van der Waals surface area contributed by atoms with Crippen molar-refractivity contribution in [2.45, 2.75) is 0 Å². The Morgan fingerprint density at radius 3 is 0.704 bits per heavy atom. The fourth-order valence-electron chi connectivity index (χ4n) is 18.4. The minimum atomic E-state index is -0.157. The normalized spacial score (nSPS) is 12.7. The van der Waals surface area contributed by atoms with Gasteiger partial charge in [-0.1, -0.05) is 324 Å². The van der Waals surface area contributed by atoms with E-state index in [9.17, 15) is 0 Å². The van der Waals surface area contributed by atoms with Gasteiger partial charge in [0.2, 0.25) is 13.4 Å². The molecule has 2 aliphatic heterocycles. The molecule has 2 heterocycles. The molecule has 0 bridgehead atoms. The Bertz CT molecular complexity index is 6200. The number of hydrogen-bond donors (Lipinski definition) is 0. The number of benzene rings is 20. The van der Waals surface area contributed by atoms with Crippen LogP contribution >= 0.6 is 0 Å². The fraction of sp³-hybridized carbons (Fsp3) is 0. The maximum absolute atomic E-state index is 2.65. The van der Waals surface area contributed by atoms with Crippen LogP contribution in [0.4, 0.5) is 0 Å². The lowest BCUT2D eigenvalue weighted by molar-refractivity contribution is 1.60. The first kappa shape index (κ1) is 54.0. The van der Waals surface area contributed by atoms with E-state index in [-0.39, 0.29) is 13.4 Å². The molecule has 2 heteroatoms. The Hall–Kier alpha value is -12.4. The zero-order valence-electron chi connectivity index (χ0n) is 53.5. The molecule has 0 spiro atoms. The second-order valence-electron chi connectivity index (χ2n) is 27.6. The van der Waals surface area contributed by atoms with Crippen molar-refractivity contribution < 1.29 is 0 Å². The Balaban J connectivity index is 0.936. The van der Waals surface area contributed by atoms with Crippen LogP contribution in [0.15, 0.2) is 340 Å². The van der Waals surface area contributed by atoms with E-state index in [1.54, 1.807) is 0 Å². The van der Waals surface area contributed by atoms with E-state index in [2.05, 4.69) is 340 Å². The summed E-state index contributed by atoms with van der Waals surface area (Å²) >= 11 is 0. The molecule has 20 aromatic carbocycles. The van der Waals surface area contributed by atoms with E-state index in [1.807, 2.05) is 0 Å². The predicted molar refractivity (Wildman–Crippen MR) is 425 cm³/mol. The van der Waals surface area contributed by atoms with Gasteiger partial charge in [0, 0.05) is 0 Å². The van der Waals surface area contributed by atoms with E-state index in [0.29, 0.717) is 0 Å². The van der Waals surface area contributed by atoms with Crippen LogP contribution in [0.1, 0.15) is 0 Å². The zero-order valence-corrected chi connectivity index (χ0v) is 53.5. The molecule has 0 aromatic heterocycles. The molecule has 0 saturated heterocycles. The molecule has 2 aliphatic rings. The highest BCUT2D eigenvalue weighted by Crippen LogP contribution is 2.47. The molecule has 0 N–H and O–H groups in total. The summed E-state index contributed by atoms with van der Waals surface area (Å²) in [7, 11) is 0. The second-order valence-corrected chi connectivity index (χ2v) is 27.6. The lowest BCUT2D eigenvalue weighted by atomic mass is 9.36. The SMILES string of the molecule is c1ccc(-c2ccccc2-c2cc(B3c4c(ccc5cc6ccccc6cc45)-c4ccc5cc6ccccc6cc5c43)c3ccc4c(-c5ccccc5-c5ccccc5)cc(B5c6c(ccc7cc8ccccc8cc67)-c6ccc7cc8ccccc8cc7c65)c5ccc2c3c54)cc1. The standard InChI is InChI=1S/C96H56B2/c1-3-19-57(20-4-1)71-31-15-17-33-73(71)87-55-89(97-93-77(39-35-67-47-59-23-7-11-27-63(59)51-83(67)93)78-40-36-68-48-60-24-8-12-28-64(60)52-84(68)94(78)97)81-46-44-76-88(74-34-18-16-32-72(74)58-21-5-2-6-22-58)56-90(82-45-43-75(87)91(81)92(76)82)98-95-79(41-37-69-49-61-25-9-13-29-65(61)53-85(69)95)80-42-38-70-50-62-26-10-14-30-66(62)54-86(70)96(80)98/h1-56H. The zero-order chi connectivity index (χ0) is 63.8. The first-order valence-electron chi connectivity index (χ1n) is 34.5. The first-order chi connectivity index (χ1) is 48.6. The van der Waals surface area contributed by atoms with Gasteiger partial charge in [0.25, 0.3) is 0 Å². The van der Waals surface area contributed by atoms with Crippen LogP contribution in [0.2, 0.25) is 0 Å². The molecule has 0 fully saturated rings. The Morgan fingerprint density at radius 1 is 0.143 bits per heavy atom. The maximum atomic E-state index is 2.65. The molecule has 0 aliphatic carbocycles. The van der Waals surface area contributed by atoms with Gasteiger partial charge in [0.1, 0.15) is 0 Å². The van der Waals surface area contributed by atoms with Gasteiger partial charge in [0.05, 0.1) is 0 Å². The third-order valence-corrected chi connectivity index (χ3v) is 22.6. The molecule has 0 radical (unpaired) electrons. The van der Waals surface area contributed by atoms with E-state index in [1.165, 1.54) is 218 Å². The van der Waals surface area contributed by atoms with Crippen LogP contribution in [-0.4, -0.2) is 13.4 Å². The minimum Gasteiger partial charge on any atom is -0.0622 e. The van der Waals surface area contributed by atoms with E-state index in [0.717, 1.165) is 0 Å². The van der Waals surface area contributed by atoms with Crippen molar-refractivity contribution in [2.24, 2.45) is 0 Å². The summed E-state index contributed by atoms with van der Waals surface area (Å²) in [5.41, 5.74) is 23.1. The molecular formula is C96H56B2. The summed E-state index contributed by atoms with van der Waals surface area (Å²) < 4.78 is 0. The second kappa shape index (κ2) is 20.6. The van der Waals surface area contributed by atoms with Crippen LogP contribution in [-0.2, 0) is 0 Å². The van der Waals surface area contributed by atoms with Crippen molar-refractivity contribution in [3.8, 4) is 66.8 Å². The number of hydrogen-bond acceptors (Lipinski definition) is 0. The quantitative estimate of drug-likeness (QED) is 0.0884. The molecule has 0 amide bonds. The van der Waals surface area contributed by atoms with Gasteiger partial charge < -0.3 is 0 Å².